The molecule has 3 rings (SSSR count). The second kappa shape index (κ2) is 10.4. The number of hydrogen-bond acceptors (Lipinski definition) is 7. The minimum atomic E-state index is -1.52. The highest BCUT2D eigenvalue weighted by molar-refractivity contribution is 8.26. The first-order chi connectivity index (χ1) is 16.1. The minimum Gasteiger partial charge on any atom is -0.478 e. The van der Waals surface area contributed by atoms with Gasteiger partial charge in [0.2, 0.25) is 0 Å². The molecule has 0 saturated carbocycles. The van der Waals surface area contributed by atoms with Crippen molar-refractivity contribution >= 4 is 27.8 Å². The Morgan fingerprint density at radius 2 is 1.88 bits per heavy atom. The summed E-state index contributed by atoms with van der Waals surface area (Å²) in [7, 11) is 0. The number of aromatic carboxylic acids is 1. The summed E-state index contributed by atoms with van der Waals surface area (Å²) in [6.07, 6.45) is 3.81. The van der Waals surface area contributed by atoms with Crippen LogP contribution in [0.25, 0.3) is 0 Å². The fraction of sp³-hybridized carbons (Fsp3) is 0.174. The van der Waals surface area contributed by atoms with E-state index in [2.05, 4.69) is 4.98 Å². The molecule has 1 aromatic heterocycles. The summed E-state index contributed by atoms with van der Waals surface area (Å²) < 4.78 is 36.0. The number of carboxylic acids is 1. The maximum absolute atomic E-state index is 14.7. The van der Waals surface area contributed by atoms with Crippen molar-refractivity contribution < 1.29 is 23.4 Å². The Bertz CT molecular complexity index is 1340. The van der Waals surface area contributed by atoms with Gasteiger partial charge < -0.3 is 14.4 Å². The average molecular weight is 487 g/mol. The van der Waals surface area contributed by atoms with Crippen LogP contribution in [0, 0.1) is 28.4 Å². The summed E-state index contributed by atoms with van der Waals surface area (Å²) in [6.45, 7) is 3.44. The summed E-state index contributed by atoms with van der Waals surface area (Å²) in [5, 5.41) is 25.3. The summed E-state index contributed by atoms with van der Waals surface area (Å²) in [6, 6.07) is 5.60. The molecule has 0 amide bonds. The highest BCUT2D eigenvalue weighted by Gasteiger charge is 2.19. The molecule has 0 aliphatic rings. The van der Waals surface area contributed by atoms with Crippen molar-refractivity contribution in [1.29, 1.82) is 10.8 Å². The van der Waals surface area contributed by atoms with E-state index in [1.165, 1.54) is 29.1 Å². The molecule has 0 saturated heterocycles. The SMILES string of the molecule is CC(C)C(=N)SC(=N)c1ccc(Oc2cc(C(=O)O)c(F)cc2Cn2ccncc2=O)cc1F. The number of rotatable bonds is 7. The number of nitrogens with one attached hydrogen (secondary N) is 2. The zero-order valence-corrected chi connectivity index (χ0v) is 19.0. The molecule has 0 radical (unpaired) electrons. The van der Waals surface area contributed by atoms with E-state index in [9.17, 15) is 23.5 Å². The van der Waals surface area contributed by atoms with E-state index in [0.29, 0.717) is 0 Å². The number of nitrogens with zero attached hydrogens (tertiary/aromatic N) is 2. The van der Waals surface area contributed by atoms with Crippen molar-refractivity contribution in [2.75, 3.05) is 0 Å². The molecule has 176 valence electrons. The third-order valence-corrected chi connectivity index (χ3v) is 5.79. The molecule has 0 aliphatic heterocycles. The van der Waals surface area contributed by atoms with Crippen molar-refractivity contribution in [3.05, 3.63) is 87.6 Å². The molecule has 0 unspecified atom stereocenters. The monoisotopic (exact) mass is 486 g/mol. The number of aromatic nitrogens is 2. The molecule has 3 aromatic rings. The smallest absolute Gasteiger partial charge is 0.338 e. The molecule has 0 atom stereocenters. The van der Waals surface area contributed by atoms with Gasteiger partial charge in [-0.25, -0.2) is 13.6 Å². The Labute approximate surface area is 197 Å². The number of benzene rings is 2. The lowest BCUT2D eigenvalue weighted by Crippen LogP contribution is -2.20. The predicted octanol–water partition coefficient (Wildman–Crippen LogP) is 4.75. The molecule has 0 fully saturated rings. The van der Waals surface area contributed by atoms with Gasteiger partial charge in [0.15, 0.2) is 0 Å². The van der Waals surface area contributed by atoms with Crippen LogP contribution in [-0.4, -0.2) is 30.7 Å². The second-order valence-corrected chi connectivity index (χ2v) is 8.53. The van der Waals surface area contributed by atoms with Crippen molar-refractivity contribution in [3.8, 4) is 11.5 Å². The normalized spacial score (nSPS) is 10.9. The van der Waals surface area contributed by atoms with Gasteiger partial charge in [0.05, 0.1) is 23.3 Å². The Kier molecular flexibility index (Phi) is 7.57. The zero-order chi connectivity index (χ0) is 25.0. The molecule has 0 aliphatic carbocycles. The maximum Gasteiger partial charge on any atom is 0.338 e. The van der Waals surface area contributed by atoms with Crippen LogP contribution in [0.1, 0.15) is 35.3 Å². The van der Waals surface area contributed by atoms with Crippen molar-refractivity contribution in [3.63, 3.8) is 0 Å². The first-order valence-corrected chi connectivity index (χ1v) is 10.8. The van der Waals surface area contributed by atoms with Crippen LogP contribution in [0.2, 0.25) is 0 Å². The molecule has 11 heteroatoms. The van der Waals surface area contributed by atoms with Crippen molar-refractivity contribution in [2.45, 2.75) is 20.4 Å². The lowest BCUT2D eigenvalue weighted by atomic mass is 10.1. The number of carbonyl (C=O) groups is 1. The highest BCUT2D eigenvalue weighted by Crippen LogP contribution is 2.31. The first kappa shape index (κ1) is 24.8. The fourth-order valence-corrected chi connectivity index (χ4v) is 3.55. The average Bonchev–Trinajstić information content (AvgIpc) is 2.76. The molecule has 8 nitrogen and oxygen atoms in total. The van der Waals surface area contributed by atoms with Crippen LogP contribution in [-0.2, 0) is 6.54 Å². The first-order valence-electron chi connectivity index (χ1n) is 9.95. The lowest BCUT2D eigenvalue weighted by molar-refractivity contribution is 0.0691. The Hall–Kier alpha value is -3.86. The van der Waals surface area contributed by atoms with Crippen molar-refractivity contribution in [1.82, 2.24) is 9.55 Å². The van der Waals surface area contributed by atoms with E-state index in [0.717, 1.165) is 36.2 Å². The highest BCUT2D eigenvalue weighted by atomic mass is 32.2. The molecule has 3 N–H and O–H groups in total. The summed E-state index contributed by atoms with van der Waals surface area (Å²) in [4.78, 5) is 27.1. The predicted molar refractivity (Wildman–Crippen MR) is 124 cm³/mol. The van der Waals surface area contributed by atoms with Crippen molar-refractivity contribution in [2.24, 2.45) is 5.92 Å². The third-order valence-electron chi connectivity index (χ3n) is 4.67. The Morgan fingerprint density at radius 3 is 2.50 bits per heavy atom. The number of carboxylic acid groups (broad SMARTS) is 1. The van der Waals surface area contributed by atoms with Crippen LogP contribution in [0.5, 0.6) is 11.5 Å². The summed E-state index contributed by atoms with van der Waals surface area (Å²) >= 11 is 0.838. The minimum absolute atomic E-state index is 0.0238. The summed E-state index contributed by atoms with van der Waals surface area (Å²) in [5.74, 6) is -3.53. The van der Waals surface area contributed by atoms with Crippen LogP contribution >= 0.6 is 11.8 Å². The van der Waals surface area contributed by atoms with E-state index in [1.54, 1.807) is 13.8 Å². The Balaban J connectivity index is 1.95. The van der Waals surface area contributed by atoms with E-state index in [4.69, 9.17) is 15.6 Å². The zero-order valence-electron chi connectivity index (χ0n) is 18.1. The Morgan fingerprint density at radius 1 is 1.18 bits per heavy atom. The van der Waals surface area contributed by atoms with Crippen LogP contribution < -0.4 is 10.3 Å². The second-order valence-electron chi connectivity index (χ2n) is 7.48. The summed E-state index contributed by atoms with van der Waals surface area (Å²) in [5.41, 5.74) is -0.997. The van der Waals surface area contributed by atoms with Gasteiger partial charge >= 0.3 is 5.97 Å². The van der Waals surface area contributed by atoms with Gasteiger partial charge in [-0.3, -0.25) is 20.6 Å². The number of ether oxygens (including phenoxy) is 1. The van der Waals surface area contributed by atoms with Crippen LogP contribution in [0.15, 0.2) is 53.7 Å². The number of hydrogen-bond donors (Lipinski definition) is 3. The molecular weight excluding hydrogens is 466 g/mol. The van der Waals surface area contributed by atoms with Crippen LogP contribution in [0.4, 0.5) is 8.78 Å². The van der Waals surface area contributed by atoms with Gasteiger partial charge in [-0.15, -0.1) is 0 Å². The number of halogens is 2. The molecule has 0 bridgehead atoms. The largest absolute Gasteiger partial charge is 0.478 e. The van der Waals surface area contributed by atoms with Gasteiger partial charge in [0.1, 0.15) is 28.2 Å². The van der Waals surface area contributed by atoms with E-state index >= 15 is 0 Å². The van der Waals surface area contributed by atoms with Gasteiger partial charge in [-0.2, -0.15) is 0 Å². The van der Waals surface area contributed by atoms with E-state index < -0.39 is 28.7 Å². The van der Waals surface area contributed by atoms with E-state index in [1.807, 2.05) is 0 Å². The quantitative estimate of drug-likeness (QED) is 0.326. The molecule has 0 spiro atoms. The van der Waals surface area contributed by atoms with Gasteiger partial charge in [-0.05, 0) is 24.3 Å². The van der Waals surface area contributed by atoms with Gasteiger partial charge in [0, 0.05) is 35.5 Å². The standard InChI is InChI=1S/C23H20F2N4O4S/c1-12(2)21(26)34-22(27)15-4-3-14(8-18(15)25)33-19-9-16(23(31)32)17(24)7-13(19)11-29-6-5-28-10-20(29)30/h3-10,12,26-27H,11H2,1-2H3,(H,31,32). The molecule has 34 heavy (non-hydrogen) atoms. The number of thioether (sulfide) groups is 1. The molecule has 2 aromatic carbocycles. The topological polar surface area (TPSA) is 129 Å². The molecular formula is C23H20F2N4O4S. The van der Waals surface area contributed by atoms with E-state index in [-0.39, 0.29) is 45.2 Å². The van der Waals surface area contributed by atoms with Crippen LogP contribution in [0.3, 0.4) is 0 Å². The molecule has 1 heterocycles. The third kappa shape index (κ3) is 5.73. The maximum atomic E-state index is 14.7. The fourth-order valence-electron chi connectivity index (χ4n) is 2.82. The van der Waals surface area contributed by atoms with Gasteiger partial charge in [-0.1, -0.05) is 25.6 Å². The lowest BCUT2D eigenvalue weighted by Gasteiger charge is -2.15. The van der Waals surface area contributed by atoms with Gasteiger partial charge in [0.25, 0.3) is 5.56 Å².